The molecule has 2 amide bonds. The van der Waals surface area contributed by atoms with Crippen molar-refractivity contribution in [2.24, 2.45) is 0 Å². The van der Waals surface area contributed by atoms with Crippen molar-refractivity contribution in [2.75, 3.05) is 13.1 Å². The Kier molecular flexibility index (Phi) is 5.91. The van der Waals surface area contributed by atoms with Crippen LogP contribution in [0.3, 0.4) is 0 Å². The van der Waals surface area contributed by atoms with Crippen LogP contribution in [-0.2, 0) is 4.74 Å². The van der Waals surface area contributed by atoms with Crippen molar-refractivity contribution < 1.29 is 14.3 Å². The zero-order chi connectivity index (χ0) is 18.6. The summed E-state index contributed by atoms with van der Waals surface area (Å²) in [7, 11) is 0. The van der Waals surface area contributed by atoms with Gasteiger partial charge in [0.25, 0.3) is 5.91 Å². The molecule has 1 unspecified atom stereocenters. The van der Waals surface area contributed by atoms with E-state index in [1.807, 2.05) is 6.07 Å². The van der Waals surface area contributed by atoms with E-state index in [4.69, 9.17) is 21.6 Å². The summed E-state index contributed by atoms with van der Waals surface area (Å²) >= 11 is 6.14. The van der Waals surface area contributed by atoms with Crippen molar-refractivity contribution in [2.45, 2.75) is 45.3 Å². The molecule has 1 N–H and O–H groups in total. The Morgan fingerprint density at radius 2 is 2.16 bits per heavy atom. The van der Waals surface area contributed by atoms with Gasteiger partial charge in [-0.1, -0.05) is 11.6 Å². The number of ether oxygens (including phenoxy) is 1. The van der Waals surface area contributed by atoms with Crippen molar-refractivity contribution in [3.63, 3.8) is 0 Å². The molecule has 1 atom stereocenters. The van der Waals surface area contributed by atoms with Gasteiger partial charge in [-0.15, -0.1) is 0 Å². The first-order chi connectivity index (χ1) is 11.7. The third kappa shape index (κ3) is 5.10. The Labute approximate surface area is 152 Å². The lowest BCUT2D eigenvalue weighted by Crippen LogP contribution is -2.44. The molecule has 2 rings (SSSR count). The van der Waals surface area contributed by atoms with Gasteiger partial charge in [0, 0.05) is 19.1 Å². The quantitative estimate of drug-likeness (QED) is 0.892. The maximum absolute atomic E-state index is 12.8. The third-order valence-electron chi connectivity index (χ3n) is 3.85. The Morgan fingerprint density at radius 1 is 1.44 bits per heavy atom. The highest BCUT2D eigenvalue weighted by Gasteiger charge is 2.31. The van der Waals surface area contributed by atoms with Crippen LogP contribution in [0.5, 0.6) is 0 Å². The topological polar surface area (TPSA) is 82.4 Å². The Balaban J connectivity index is 2.02. The van der Waals surface area contributed by atoms with E-state index in [1.54, 1.807) is 37.8 Å². The van der Waals surface area contributed by atoms with E-state index in [0.717, 1.165) is 12.8 Å². The fourth-order valence-electron chi connectivity index (χ4n) is 2.74. The summed E-state index contributed by atoms with van der Waals surface area (Å²) < 4.78 is 5.22. The van der Waals surface area contributed by atoms with Gasteiger partial charge in [0.15, 0.2) is 0 Å². The Hall–Kier alpha value is -2.26. The van der Waals surface area contributed by atoms with Gasteiger partial charge < -0.3 is 15.0 Å². The van der Waals surface area contributed by atoms with Gasteiger partial charge in [-0.25, -0.2) is 4.79 Å². The molecule has 1 aliphatic heterocycles. The third-order valence-corrected chi connectivity index (χ3v) is 4.16. The second-order valence-electron chi connectivity index (χ2n) is 6.98. The predicted octanol–water partition coefficient (Wildman–Crippen LogP) is 3.34. The fourth-order valence-corrected chi connectivity index (χ4v) is 3.00. The zero-order valence-electron chi connectivity index (χ0n) is 14.6. The van der Waals surface area contributed by atoms with Crippen LogP contribution in [0.1, 0.15) is 49.5 Å². The summed E-state index contributed by atoms with van der Waals surface area (Å²) in [6.07, 6.45) is 1.17. The fraction of sp³-hybridized carbons (Fsp3) is 0.500. The molecule has 6 nitrogen and oxygen atoms in total. The number of halogens is 1. The molecular weight excluding hydrogens is 342 g/mol. The second-order valence-corrected chi connectivity index (χ2v) is 7.39. The predicted molar refractivity (Wildman–Crippen MR) is 94.5 cm³/mol. The SMILES string of the molecule is CC(C)(C)OC(=O)NCC1CCCN1C(=O)c1ccc(C#N)cc1Cl. The van der Waals surface area contributed by atoms with Crippen LogP contribution in [0.15, 0.2) is 18.2 Å². The van der Waals surface area contributed by atoms with E-state index < -0.39 is 11.7 Å². The van der Waals surface area contributed by atoms with Crippen molar-refractivity contribution in [3.8, 4) is 6.07 Å². The molecule has 25 heavy (non-hydrogen) atoms. The summed E-state index contributed by atoms with van der Waals surface area (Å²) in [6.45, 7) is 6.32. The smallest absolute Gasteiger partial charge is 0.407 e. The van der Waals surface area contributed by atoms with Crippen LogP contribution in [0.25, 0.3) is 0 Å². The number of rotatable bonds is 3. The molecule has 0 bridgehead atoms. The summed E-state index contributed by atoms with van der Waals surface area (Å²) in [4.78, 5) is 26.3. The number of nitrogens with one attached hydrogen (secondary N) is 1. The molecule has 0 aromatic heterocycles. The van der Waals surface area contributed by atoms with Gasteiger partial charge in [0.1, 0.15) is 5.60 Å². The molecule has 134 valence electrons. The Morgan fingerprint density at radius 3 is 2.76 bits per heavy atom. The molecule has 1 aliphatic rings. The average Bonchev–Trinajstić information content (AvgIpc) is 2.99. The van der Waals surface area contributed by atoms with Gasteiger partial charge in [-0.3, -0.25) is 4.79 Å². The highest BCUT2D eigenvalue weighted by atomic mass is 35.5. The number of nitriles is 1. The lowest BCUT2D eigenvalue weighted by Gasteiger charge is -2.26. The first kappa shape index (κ1) is 19.1. The molecular formula is C18H22ClN3O3. The minimum Gasteiger partial charge on any atom is -0.444 e. The summed E-state index contributed by atoms with van der Waals surface area (Å²) in [6, 6.07) is 6.51. The van der Waals surface area contributed by atoms with E-state index in [9.17, 15) is 9.59 Å². The molecule has 0 spiro atoms. The van der Waals surface area contributed by atoms with Gasteiger partial charge in [0.2, 0.25) is 0 Å². The molecule has 1 aromatic rings. The number of hydrogen-bond acceptors (Lipinski definition) is 4. The van der Waals surface area contributed by atoms with Gasteiger partial charge in [-0.05, 0) is 51.8 Å². The molecule has 0 saturated carbocycles. The van der Waals surface area contributed by atoms with Crippen LogP contribution in [0, 0.1) is 11.3 Å². The number of hydrogen-bond donors (Lipinski definition) is 1. The van der Waals surface area contributed by atoms with Gasteiger partial charge >= 0.3 is 6.09 Å². The monoisotopic (exact) mass is 363 g/mol. The van der Waals surface area contributed by atoms with E-state index in [2.05, 4.69) is 5.32 Å². The molecule has 1 aromatic carbocycles. The molecule has 1 heterocycles. The van der Waals surface area contributed by atoms with E-state index in [0.29, 0.717) is 24.2 Å². The highest BCUT2D eigenvalue weighted by Crippen LogP contribution is 2.24. The normalized spacial score (nSPS) is 17.1. The lowest BCUT2D eigenvalue weighted by atomic mass is 10.1. The number of carbonyl (C=O) groups excluding carboxylic acids is 2. The Bertz CT molecular complexity index is 706. The first-order valence-corrected chi connectivity index (χ1v) is 8.56. The molecule has 1 fully saturated rings. The average molecular weight is 364 g/mol. The maximum atomic E-state index is 12.8. The highest BCUT2D eigenvalue weighted by molar-refractivity contribution is 6.34. The zero-order valence-corrected chi connectivity index (χ0v) is 15.4. The summed E-state index contributed by atoms with van der Waals surface area (Å²) in [5.74, 6) is -0.192. The van der Waals surface area contributed by atoms with Crippen LogP contribution >= 0.6 is 11.6 Å². The van der Waals surface area contributed by atoms with Crippen molar-refractivity contribution in [1.29, 1.82) is 5.26 Å². The maximum Gasteiger partial charge on any atom is 0.407 e. The summed E-state index contributed by atoms with van der Waals surface area (Å²) in [5.41, 5.74) is 0.210. The van der Waals surface area contributed by atoms with E-state index >= 15 is 0 Å². The number of nitrogens with zero attached hydrogens (tertiary/aromatic N) is 2. The lowest BCUT2D eigenvalue weighted by molar-refractivity contribution is 0.0501. The van der Waals surface area contributed by atoms with Gasteiger partial charge in [-0.2, -0.15) is 5.26 Å². The number of amides is 2. The first-order valence-electron chi connectivity index (χ1n) is 8.19. The van der Waals surface area contributed by atoms with Crippen LogP contribution in [0.4, 0.5) is 4.79 Å². The van der Waals surface area contributed by atoms with Gasteiger partial charge in [0.05, 0.1) is 22.2 Å². The van der Waals surface area contributed by atoms with Crippen molar-refractivity contribution in [3.05, 3.63) is 34.3 Å². The molecule has 0 radical (unpaired) electrons. The largest absolute Gasteiger partial charge is 0.444 e. The van der Waals surface area contributed by atoms with Crippen molar-refractivity contribution in [1.82, 2.24) is 10.2 Å². The standard InChI is InChI=1S/C18H22ClN3O3/c1-18(2,3)25-17(24)21-11-13-5-4-8-22(13)16(23)14-7-6-12(10-20)9-15(14)19/h6-7,9,13H,4-5,8,11H2,1-3H3,(H,21,24). The second kappa shape index (κ2) is 7.75. The van der Waals surface area contributed by atoms with E-state index in [1.165, 1.54) is 6.07 Å². The van der Waals surface area contributed by atoms with E-state index in [-0.39, 0.29) is 17.0 Å². The number of carbonyl (C=O) groups is 2. The number of likely N-dealkylation sites (tertiary alicyclic amines) is 1. The van der Waals surface area contributed by atoms with Crippen LogP contribution < -0.4 is 5.32 Å². The molecule has 1 saturated heterocycles. The molecule has 0 aliphatic carbocycles. The summed E-state index contributed by atoms with van der Waals surface area (Å²) in [5, 5.41) is 11.9. The minimum absolute atomic E-state index is 0.105. The minimum atomic E-state index is -0.564. The number of benzene rings is 1. The molecule has 7 heteroatoms. The number of alkyl carbamates (subject to hydrolysis) is 1. The van der Waals surface area contributed by atoms with Crippen LogP contribution in [-0.4, -0.2) is 41.6 Å². The van der Waals surface area contributed by atoms with Crippen molar-refractivity contribution >= 4 is 23.6 Å². The van der Waals surface area contributed by atoms with Crippen LogP contribution in [0.2, 0.25) is 5.02 Å².